The molecule has 0 aromatic heterocycles. The number of hydrogen-bond donors (Lipinski definition) is 2. The number of hydrogen-bond acceptors (Lipinski definition) is 8. The van der Waals surface area contributed by atoms with E-state index in [9.17, 15) is 20.2 Å². The maximum atomic E-state index is 11.0. The van der Waals surface area contributed by atoms with Crippen LogP contribution < -0.4 is 15.8 Å². The van der Waals surface area contributed by atoms with E-state index in [2.05, 4.69) is 5.32 Å². The number of anilines is 2. The minimum absolute atomic E-state index is 0.197. The molecule has 0 heterocycles. The fourth-order valence-electron chi connectivity index (χ4n) is 2.08. The third kappa shape index (κ3) is 5.60. The van der Waals surface area contributed by atoms with Crippen LogP contribution in [0.1, 0.15) is 0 Å². The summed E-state index contributed by atoms with van der Waals surface area (Å²) in [6, 6.07) is 10.4. The standard InChI is InChI=1S/C16H18N4O6/c17-12-1-4-14(5-2-12)26-10-9-25-8-7-18-15-6-3-13(19(21)22)11-16(15)20(23)24/h1-6,11,18H,7-10,17H2. The van der Waals surface area contributed by atoms with E-state index in [1.165, 1.54) is 12.1 Å². The van der Waals surface area contributed by atoms with Gasteiger partial charge < -0.3 is 20.5 Å². The molecule has 3 N–H and O–H groups in total. The third-order valence-electron chi connectivity index (χ3n) is 3.33. The van der Waals surface area contributed by atoms with Crippen molar-refractivity contribution in [3.63, 3.8) is 0 Å². The quantitative estimate of drug-likeness (QED) is 0.284. The molecule has 0 atom stereocenters. The molecule has 0 aliphatic carbocycles. The number of non-ortho nitro benzene ring substituents is 1. The van der Waals surface area contributed by atoms with E-state index in [-0.39, 0.29) is 17.1 Å². The first-order chi connectivity index (χ1) is 12.5. The van der Waals surface area contributed by atoms with E-state index < -0.39 is 9.85 Å². The van der Waals surface area contributed by atoms with Crippen molar-refractivity contribution in [3.8, 4) is 5.75 Å². The predicted molar refractivity (Wildman–Crippen MR) is 95.4 cm³/mol. The van der Waals surface area contributed by atoms with Crippen LogP contribution >= 0.6 is 0 Å². The van der Waals surface area contributed by atoms with Crippen LogP contribution in [-0.2, 0) is 4.74 Å². The predicted octanol–water partition coefficient (Wildman–Crippen LogP) is 2.59. The van der Waals surface area contributed by atoms with Gasteiger partial charge in [-0.2, -0.15) is 0 Å². The summed E-state index contributed by atoms with van der Waals surface area (Å²) in [4.78, 5) is 20.4. The van der Waals surface area contributed by atoms with Gasteiger partial charge in [0.1, 0.15) is 18.0 Å². The topological polar surface area (TPSA) is 143 Å². The molecule has 0 bridgehead atoms. The Morgan fingerprint density at radius 1 is 0.962 bits per heavy atom. The Morgan fingerprint density at radius 2 is 1.69 bits per heavy atom. The van der Waals surface area contributed by atoms with Crippen molar-refractivity contribution < 1.29 is 19.3 Å². The molecule has 0 aliphatic rings. The molecule has 0 fully saturated rings. The zero-order chi connectivity index (χ0) is 18.9. The van der Waals surface area contributed by atoms with Crippen LogP contribution in [0.15, 0.2) is 42.5 Å². The molecule has 26 heavy (non-hydrogen) atoms. The van der Waals surface area contributed by atoms with Crippen LogP contribution in [0.25, 0.3) is 0 Å². The second kappa shape index (κ2) is 9.18. The van der Waals surface area contributed by atoms with Gasteiger partial charge >= 0.3 is 0 Å². The second-order valence-corrected chi connectivity index (χ2v) is 5.17. The highest BCUT2D eigenvalue weighted by Crippen LogP contribution is 2.28. The van der Waals surface area contributed by atoms with Crippen molar-refractivity contribution in [1.29, 1.82) is 0 Å². The van der Waals surface area contributed by atoms with Gasteiger partial charge in [-0.15, -0.1) is 0 Å². The molecule has 0 amide bonds. The monoisotopic (exact) mass is 362 g/mol. The molecule has 10 heteroatoms. The minimum atomic E-state index is -0.680. The van der Waals surface area contributed by atoms with E-state index in [1.54, 1.807) is 24.3 Å². The number of rotatable bonds is 10. The molecule has 0 aliphatic heterocycles. The first-order valence-corrected chi connectivity index (χ1v) is 7.70. The van der Waals surface area contributed by atoms with E-state index in [4.69, 9.17) is 15.2 Å². The Kier molecular flexibility index (Phi) is 6.68. The first-order valence-electron chi connectivity index (χ1n) is 7.70. The molecular weight excluding hydrogens is 344 g/mol. The van der Waals surface area contributed by atoms with Crippen molar-refractivity contribution in [2.24, 2.45) is 0 Å². The number of nitrogens with zero attached hydrogens (tertiary/aromatic N) is 2. The van der Waals surface area contributed by atoms with Crippen molar-refractivity contribution in [2.75, 3.05) is 37.4 Å². The summed E-state index contributed by atoms with van der Waals surface area (Å²) in [5, 5.41) is 24.5. The average molecular weight is 362 g/mol. The van der Waals surface area contributed by atoms with Crippen molar-refractivity contribution >= 4 is 22.7 Å². The molecule has 2 aromatic carbocycles. The van der Waals surface area contributed by atoms with Gasteiger partial charge in [-0.25, -0.2) is 0 Å². The number of nitro groups is 2. The van der Waals surface area contributed by atoms with E-state index in [1.807, 2.05) is 0 Å². The third-order valence-corrected chi connectivity index (χ3v) is 3.33. The van der Waals surface area contributed by atoms with Crippen LogP contribution in [-0.4, -0.2) is 36.2 Å². The number of nitro benzene ring substituents is 2. The molecule has 10 nitrogen and oxygen atoms in total. The van der Waals surface area contributed by atoms with Gasteiger partial charge in [0.15, 0.2) is 0 Å². The van der Waals surface area contributed by atoms with E-state index in [0.29, 0.717) is 37.8 Å². The highest BCUT2D eigenvalue weighted by Gasteiger charge is 2.18. The highest BCUT2D eigenvalue weighted by atomic mass is 16.6. The SMILES string of the molecule is Nc1ccc(OCCOCCNc2ccc([N+](=O)[O-])cc2[N+](=O)[O-])cc1. The summed E-state index contributed by atoms with van der Waals surface area (Å²) < 4.78 is 10.8. The smallest absolute Gasteiger partial charge is 0.299 e. The zero-order valence-electron chi connectivity index (χ0n) is 13.8. The Balaban J connectivity index is 1.71. The van der Waals surface area contributed by atoms with Gasteiger partial charge in [-0.1, -0.05) is 0 Å². The summed E-state index contributed by atoms with van der Waals surface area (Å²) in [6.07, 6.45) is 0. The lowest BCUT2D eigenvalue weighted by Crippen LogP contribution is -2.14. The Morgan fingerprint density at radius 3 is 2.35 bits per heavy atom. The number of benzene rings is 2. The molecule has 0 saturated carbocycles. The molecular formula is C16H18N4O6. The van der Waals surface area contributed by atoms with Crippen LogP contribution in [0, 0.1) is 20.2 Å². The summed E-state index contributed by atoms with van der Waals surface area (Å²) in [7, 11) is 0. The normalized spacial score (nSPS) is 10.3. The van der Waals surface area contributed by atoms with Gasteiger partial charge in [0.05, 0.1) is 29.1 Å². The molecule has 138 valence electrons. The van der Waals surface area contributed by atoms with Crippen LogP contribution in [0.4, 0.5) is 22.7 Å². The number of nitrogen functional groups attached to an aromatic ring is 1. The summed E-state index contributed by atoms with van der Waals surface area (Å²) in [5.74, 6) is 0.683. The van der Waals surface area contributed by atoms with Gasteiger partial charge in [-0.3, -0.25) is 20.2 Å². The Bertz CT molecular complexity index is 766. The summed E-state index contributed by atoms with van der Waals surface area (Å²) in [6.45, 7) is 1.29. The second-order valence-electron chi connectivity index (χ2n) is 5.17. The minimum Gasteiger partial charge on any atom is -0.491 e. The van der Waals surface area contributed by atoms with Gasteiger partial charge in [0.25, 0.3) is 11.4 Å². The molecule has 0 spiro atoms. The summed E-state index contributed by atoms with van der Waals surface area (Å²) >= 11 is 0. The number of nitrogens with two attached hydrogens (primary N) is 1. The van der Waals surface area contributed by atoms with E-state index in [0.717, 1.165) is 6.07 Å². The van der Waals surface area contributed by atoms with Crippen LogP contribution in [0.5, 0.6) is 5.75 Å². The fraction of sp³-hybridized carbons (Fsp3) is 0.250. The lowest BCUT2D eigenvalue weighted by molar-refractivity contribution is -0.393. The molecule has 0 unspecified atom stereocenters. The van der Waals surface area contributed by atoms with Crippen molar-refractivity contribution in [3.05, 3.63) is 62.7 Å². The van der Waals surface area contributed by atoms with Crippen molar-refractivity contribution in [1.82, 2.24) is 0 Å². The van der Waals surface area contributed by atoms with Crippen molar-refractivity contribution in [2.45, 2.75) is 0 Å². The Hall–Kier alpha value is -3.40. The lowest BCUT2D eigenvalue weighted by Gasteiger charge is -2.09. The lowest BCUT2D eigenvalue weighted by atomic mass is 10.2. The zero-order valence-corrected chi connectivity index (χ0v) is 13.8. The summed E-state index contributed by atoms with van der Waals surface area (Å²) in [5.41, 5.74) is 5.73. The van der Waals surface area contributed by atoms with Gasteiger partial charge in [0.2, 0.25) is 0 Å². The molecule has 2 rings (SSSR count). The fourth-order valence-corrected chi connectivity index (χ4v) is 2.08. The first kappa shape index (κ1) is 18.9. The molecule has 0 saturated heterocycles. The van der Waals surface area contributed by atoms with Gasteiger partial charge in [-0.05, 0) is 30.3 Å². The van der Waals surface area contributed by atoms with Crippen LogP contribution in [0.2, 0.25) is 0 Å². The molecule has 0 radical (unpaired) electrons. The Labute approximate surface area is 148 Å². The largest absolute Gasteiger partial charge is 0.491 e. The molecule has 2 aromatic rings. The maximum absolute atomic E-state index is 11.0. The number of ether oxygens (including phenoxy) is 2. The average Bonchev–Trinajstić information content (AvgIpc) is 2.62. The highest BCUT2D eigenvalue weighted by molar-refractivity contribution is 5.65. The van der Waals surface area contributed by atoms with Gasteiger partial charge in [0, 0.05) is 18.3 Å². The maximum Gasteiger partial charge on any atom is 0.299 e. The van der Waals surface area contributed by atoms with E-state index >= 15 is 0 Å². The van der Waals surface area contributed by atoms with Crippen LogP contribution in [0.3, 0.4) is 0 Å². The number of nitrogens with one attached hydrogen (secondary N) is 1.